The average Bonchev–Trinajstić information content (AvgIpc) is 3.26. The van der Waals surface area contributed by atoms with Crippen molar-refractivity contribution in [3.63, 3.8) is 0 Å². The number of likely N-dealkylation sites (N-methyl/N-ethyl adjacent to an activating group) is 1. The van der Waals surface area contributed by atoms with Gasteiger partial charge in [0.1, 0.15) is 18.1 Å². The minimum atomic E-state index is -1.01. The Morgan fingerprint density at radius 1 is 1.16 bits per heavy atom. The predicted molar refractivity (Wildman–Crippen MR) is 119 cm³/mol. The standard InChI is InChI=1S/C24H26FN5O2/c1-28-13-14-29(17-24(28)25)12-11-23(31)20-7-9-22(10-8-20)32-18-21-16-30(27-26-21)15-19-5-3-2-4-6-19/h2-12,16,24H,13-15,17-18H2,1H3/b12-11+. The van der Waals surface area contributed by atoms with Crippen LogP contribution in [0.4, 0.5) is 4.39 Å². The number of piperazine rings is 1. The summed E-state index contributed by atoms with van der Waals surface area (Å²) in [6, 6.07) is 17.0. The molecule has 32 heavy (non-hydrogen) atoms. The van der Waals surface area contributed by atoms with Crippen LogP contribution in [-0.4, -0.2) is 63.6 Å². The van der Waals surface area contributed by atoms with Crippen LogP contribution in [0.15, 0.2) is 73.1 Å². The number of hydrogen-bond donors (Lipinski definition) is 0. The molecule has 0 radical (unpaired) electrons. The zero-order valence-electron chi connectivity index (χ0n) is 18.0. The van der Waals surface area contributed by atoms with Gasteiger partial charge in [-0.2, -0.15) is 0 Å². The number of halogens is 1. The van der Waals surface area contributed by atoms with E-state index in [1.807, 2.05) is 41.4 Å². The number of benzene rings is 2. The Bertz CT molecular complexity index is 1050. The van der Waals surface area contributed by atoms with Crippen molar-refractivity contribution >= 4 is 5.78 Å². The van der Waals surface area contributed by atoms with Crippen LogP contribution in [0.3, 0.4) is 0 Å². The molecule has 166 valence electrons. The van der Waals surface area contributed by atoms with Crippen molar-refractivity contribution in [2.45, 2.75) is 19.4 Å². The third-order valence-corrected chi connectivity index (χ3v) is 5.34. The highest BCUT2D eigenvalue weighted by Crippen LogP contribution is 2.15. The Morgan fingerprint density at radius 3 is 2.69 bits per heavy atom. The number of ketones is 1. The van der Waals surface area contributed by atoms with Crippen LogP contribution in [0.5, 0.6) is 5.75 Å². The van der Waals surface area contributed by atoms with E-state index >= 15 is 0 Å². The van der Waals surface area contributed by atoms with Crippen LogP contribution in [0.1, 0.15) is 21.6 Å². The lowest BCUT2D eigenvalue weighted by atomic mass is 10.1. The van der Waals surface area contributed by atoms with Crippen LogP contribution in [0, 0.1) is 0 Å². The third kappa shape index (κ3) is 5.79. The number of aromatic nitrogens is 3. The van der Waals surface area contributed by atoms with Gasteiger partial charge in [-0.25, -0.2) is 9.07 Å². The minimum Gasteiger partial charge on any atom is -0.487 e. The Kier molecular flexibility index (Phi) is 6.91. The molecule has 0 saturated carbocycles. The number of ether oxygens (including phenoxy) is 1. The number of carbonyl (C=O) groups excluding carboxylic acids is 1. The summed E-state index contributed by atoms with van der Waals surface area (Å²) in [7, 11) is 1.76. The normalized spacial score (nSPS) is 17.1. The summed E-state index contributed by atoms with van der Waals surface area (Å²) in [6.45, 7) is 2.53. The summed E-state index contributed by atoms with van der Waals surface area (Å²) in [4.78, 5) is 15.9. The molecule has 2 aromatic carbocycles. The molecule has 0 amide bonds. The van der Waals surface area contributed by atoms with Crippen molar-refractivity contribution in [2.24, 2.45) is 0 Å². The fourth-order valence-corrected chi connectivity index (χ4v) is 3.38. The van der Waals surface area contributed by atoms with Crippen molar-refractivity contribution in [3.05, 3.63) is 89.9 Å². The molecule has 0 spiro atoms. The van der Waals surface area contributed by atoms with Crippen molar-refractivity contribution in [1.82, 2.24) is 24.8 Å². The molecule has 1 saturated heterocycles. The second-order valence-corrected chi connectivity index (χ2v) is 7.80. The van der Waals surface area contributed by atoms with Crippen LogP contribution >= 0.6 is 0 Å². The van der Waals surface area contributed by atoms with E-state index in [0.29, 0.717) is 30.9 Å². The molecule has 1 atom stereocenters. The van der Waals surface area contributed by atoms with E-state index in [1.165, 1.54) is 6.08 Å². The molecule has 0 aliphatic carbocycles. The molecule has 8 heteroatoms. The highest BCUT2D eigenvalue weighted by molar-refractivity contribution is 6.04. The molecule has 1 fully saturated rings. The van der Waals surface area contributed by atoms with Crippen molar-refractivity contribution in [1.29, 1.82) is 0 Å². The second kappa shape index (κ2) is 10.2. The summed E-state index contributed by atoms with van der Waals surface area (Å²) in [5, 5.41) is 8.28. The Hall–Kier alpha value is -3.52. The SMILES string of the molecule is CN1CCN(/C=C/C(=O)c2ccc(OCc3cn(Cc4ccccc4)nn3)cc2)CC1F. The van der Waals surface area contributed by atoms with E-state index in [4.69, 9.17) is 4.74 Å². The van der Waals surface area contributed by atoms with Crippen LogP contribution in [0.25, 0.3) is 0 Å². The highest BCUT2D eigenvalue weighted by Gasteiger charge is 2.21. The topological polar surface area (TPSA) is 63.5 Å². The van der Waals surface area contributed by atoms with Crippen LogP contribution < -0.4 is 4.74 Å². The molecule has 1 aliphatic rings. The Morgan fingerprint density at radius 2 is 1.94 bits per heavy atom. The Labute approximate surface area is 186 Å². The van der Waals surface area contributed by atoms with Gasteiger partial charge < -0.3 is 9.64 Å². The fourth-order valence-electron chi connectivity index (χ4n) is 3.38. The lowest BCUT2D eigenvalue weighted by Gasteiger charge is -2.34. The van der Waals surface area contributed by atoms with E-state index in [-0.39, 0.29) is 18.9 Å². The molecule has 1 aliphatic heterocycles. The number of allylic oxidation sites excluding steroid dienone is 1. The highest BCUT2D eigenvalue weighted by atomic mass is 19.1. The Balaban J connectivity index is 1.27. The number of hydrogen-bond acceptors (Lipinski definition) is 6. The second-order valence-electron chi connectivity index (χ2n) is 7.80. The van der Waals surface area contributed by atoms with Gasteiger partial charge in [-0.1, -0.05) is 35.5 Å². The summed E-state index contributed by atoms with van der Waals surface area (Å²) >= 11 is 0. The van der Waals surface area contributed by atoms with Gasteiger partial charge in [0, 0.05) is 30.9 Å². The number of nitrogens with zero attached hydrogens (tertiary/aromatic N) is 5. The predicted octanol–water partition coefficient (Wildman–Crippen LogP) is 3.14. The largest absolute Gasteiger partial charge is 0.487 e. The summed E-state index contributed by atoms with van der Waals surface area (Å²) in [5.41, 5.74) is 2.42. The number of carbonyl (C=O) groups is 1. The van der Waals surface area contributed by atoms with E-state index in [1.54, 1.807) is 47.1 Å². The molecule has 1 unspecified atom stereocenters. The molecule has 2 heterocycles. The first-order chi connectivity index (χ1) is 15.6. The van der Waals surface area contributed by atoms with E-state index in [9.17, 15) is 9.18 Å². The quantitative estimate of drug-likeness (QED) is 0.308. The van der Waals surface area contributed by atoms with Gasteiger partial charge in [-0.3, -0.25) is 9.69 Å². The first-order valence-electron chi connectivity index (χ1n) is 10.5. The van der Waals surface area contributed by atoms with Gasteiger partial charge in [0.15, 0.2) is 12.1 Å². The lowest BCUT2D eigenvalue weighted by Crippen LogP contribution is -2.47. The van der Waals surface area contributed by atoms with E-state index in [2.05, 4.69) is 10.3 Å². The molecule has 0 bridgehead atoms. The fraction of sp³-hybridized carbons (Fsp3) is 0.292. The molecular formula is C24H26FN5O2. The first-order valence-corrected chi connectivity index (χ1v) is 10.5. The zero-order valence-corrected chi connectivity index (χ0v) is 18.0. The van der Waals surface area contributed by atoms with Crippen LogP contribution in [-0.2, 0) is 13.2 Å². The summed E-state index contributed by atoms with van der Waals surface area (Å²) in [6.07, 6.45) is 4.00. The van der Waals surface area contributed by atoms with Gasteiger partial charge in [0.05, 0.1) is 19.3 Å². The van der Waals surface area contributed by atoms with Gasteiger partial charge >= 0.3 is 0 Å². The summed E-state index contributed by atoms with van der Waals surface area (Å²) in [5.74, 6) is 0.511. The van der Waals surface area contributed by atoms with E-state index < -0.39 is 6.30 Å². The smallest absolute Gasteiger partial charge is 0.187 e. The zero-order chi connectivity index (χ0) is 22.3. The van der Waals surface area contributed by atoms with Gasteiger partial charge in [0.2, 0.25) is 0 Å². The molecule has 1 aromatic heterocycles. The monoisotopic (exact) mass is 435 g/mol. The maximum atomic E-state index is 13.8. The van der Waals surface area contributed by atoms with E-state index in [0.717, 1.165) is 11.3 Å². The maximum Gasteiger partial charge on any atom is 0.187 e. The van der Waals surface area contributed by atoms with Crippen molar-refractivity contribution in [3.8, 4) is 5.75 Å². The molecule has 3 aromatic rings. The third-order valence-electron chi connectivity index (χ3n) is 5.34. The molecule has 7 nitrogen and oxygen atoms in total. The molecule has 4 rings (SSSR count). The summed E-state index contributed by atoms with van der Waals surface area (Å²) < 4.78 is 21.3. The maximum absolute atomic E-state index is 13.8. The molecule has 0 N–H and O–H groups in total. The van der Waals surface area contributed by atoms with Crippen LogP contribution in [0.2, 0.25) is 0 Å². The molecular weight excluding hydrogens is 409 g/mol. The van der Waals surface area contributed by atoms with Crippen molar-refractivity contribution in [2.75, 3.05) is 26.7 Å². The van der Waals surface area contributed by atoms with Gasteiger partial charge in [-0.15, -0.1) is 5.10 Å². The average molecular weight is 436 g/mol. The number of rotatable bonds is 8. The van der Waals surface area contributed by atoms with Gasteiger partial charge in [-0.05, 0) is 36.9 Å². The lowest BCUT2D eigenvalue weighted by molar-refractivity contribution is 0.0376. The van der Waals surface area contributed by atoms with Gasteiger partial charge in [0.25, 0.3) is 0 Å². The first kappa shape index (κ1) is 21.7. The number of alkyl halides is 1. The minimum absolute atomic E-state index is 0.130. The van der Waals surface area contributed by atoms with Crippen molar-refractivity contribution < 1.29 is 13.9 Å².